The highest BCUT2D eigenvalue weighted by Crippen LogP contribution is 2.32. The van der Waals surface area contributed by atoms with E-state index >= 15 is 0 Å². The lowest BCUT2D eigenvalue weighted by molar-refractivity contribution is -0.139. The van der Waals surface area contributed by atoms with Crippen molar-refractivity contribution >= 4 is 5.91 Å². The first-order chi connectivity index (χ1) is 12.2. The Morgan fingerprint density at radius 2 is 2.16 bits per heavy atom. The molecule has 6 heteroatoms. The zero-order chi connectivity index (χ0) is 17.2. The Balaban J connectivity index is 1.49. The number of hydrogen-bond acceptors (Lipinski definition) is 5. The summed E-state index contributed by atoms with van der Waals surface area (Å²) in [6.07, 6.45) is 5.14. The van der Waals surface area contributed by atoms with Crippen LogP contribution in [-0.4, -0.2) is 34.0 Å². The number of carbonyl (C=O) groups excluding carboxylic acids is 1. The van der Waals surface area contributed by atoms with E-state index in [4.69, 9.17) is 9.78 Å². The van der Waals surface area contributed by atoms with Gasteiger partial charge in [-0.25, -0.2) is 0 Å². The van der Waals surface area contributed by atoms with Gasteiger partial charge in [0.25, 0.3) is 0 Å². The van der Waals surface area contributed by atoms with Crippen molar-refractivity contribution in [2.24, 2.45) is 5.92 Å². The molecule has 1 saturated heterocycles. The summed E-state index contributed by atoms with van der Waals surface area (Å²) in [6, 6.07) is 9.29. The average Bonchev–Trinajstić information content (AvgIpc) is 3.10. The third-order valence-corrected chi connectivity index (χ3v) is 5.23. The van der Waals surface area contributed by atoms with E-state index < -0.39 is 0 Å². The molecule has 0 N–H and O–H groups in total. The fourth-order valence-electron chi connectivity index (χ4n) is 3.54. The number of nitriles is 1. The van der Waals surface area contributed by atoms with Gasteiger partial charge in [-0.2, -0.15) is 10.2 Å². The number of nitrogens with zero attached hydrogens (tertiary/aromatic N) is 4. The molecular weight excluding hydrogens is 316 g/mol. The minimum absolute atomic E-state index is 0.0955. The van der Waals surface area contributed by atoms with Crippen LogP contribution in [-0.2, 0) is 4.79 Å². The fraction of sp³-hybridized carbons (Fsp3) is 0.474. The molecule has 1 aromatic heterocycles. The third-order valence-electron chi connectivity index (χ3n) is 5.23. The molecule has 1 amide bonds. The maximum atomic E-state index is 12.5. The van der Waals surface area contributed by atoms with Crippen LogP contribution in [0.15, 0.2) is 28.8 Å². The molecule has 128 valence electrons. The molecule has 2 aromatic rings. The van der Waals surface area contributed by atoms with E-state index in [9.17, 15) is 4.79 Å². The van der Waals surface area contributed by atoms with Crippen molar-refractivity contribution in [2.75, 3.05) is 13.1 Å². The summed E-state index contributed by atoms with van der Waals surface area (Å²) in [5, 5.41) is 13.1. The van der Waals surface area contributed by atoms with Crippen molar-refractivity contribution < 1.29 is 9.32 Å². The predicted octanol–water partition coefficient (Wildman–Crippen LogP) is 3.11. The molecule has 1 aliphatic carbocycles. The van der Waals surface area contributed by atoms with Crippen LogP contribution in [0.5, 0.6) is 0 Å². The second-order valence-electron chi connectivity index (χ2n) is 6.90. The first-order valence-electron chi connectivity index (χ1n) is 8.87. The van der Waals surface area contributed by atoms with Gasteiger partial charge in [0.15, 0.2) is 0 Å². The fourth-order valence-corrected chi connectivity index (χ4v) is 3.54. The van der Waals surface area contributed by atoms with E-state index in [0.29, 0.717) is 23.8 Å². The van der Waals surface area contributed by atoms with Gasteiger partial charge in [0.05, 0.1) is 17.6 Å². The summed E-state index contributed by atoms with van der Waals surface area (Å²) >= 11 is 0. The third kappa shape index (κ3) is 3.14. The molecule has 0 spiro atoms. The largest absolute Gasteiger partial charge is 0.342 e. The lowest BCUT2D eigenvalue weighted by Crippen LogP contribution is -2.44. The van der Waals surface area contributed by atoms with E-state index in [-0.39, 0.29) is 17.7 Å². The monoisotopic (exact) mass is 336 g/mol. The number of likely N-dealkylation sites (tertiary alicyclic amines) is 1. The van der Waals surface area contributed by atoms with Crippen LogP contribution >= 0.6 is 0 Å². The van der Waals surface area contributed by atoms with E-state index in [1.807, 2.05) is 17.0 Å². The number of carbonyl (C=O) groups is 1. The van der Waals surface area contributed by atoms with Crippen molar-refractivity contribution in [2.45, 2.75) is 38.0 Å². The van der Waals surface area contributed by atoms with Crippen LogP contribution in [0.3, 0.4) is 0 Å². The van der Waals surface area contributed by atoms with Crippen LogP contribution < -0.4 is 0 Å². The Bertz CT molecular complexity index is 819. The molecule has 6 nitrogen and oxygen atoms in total. The lowest BCUT2D eigenvalue weighted by atomic mass is 9.83. The van der Waals surface area contributed by atoms with Crippen LogP contribution in [0.25, 0.3) is 11.4 Å². The molecule has 1 unspecified atom stereocenters. The molecule has 1 aliphatic heterocycles. The topological polar surface area (TPSA) is 83.0 Å². The summed E-state index contributed by atoms with van der Waals surface area (Å²) in [4.78, 5) is 19.0. The van der Waals surface area contributed by atoms with Crippen molar-refractivity contribution in [1.29, 1.82) is 5.26 Å². The Morgan fingerprint density at radius 3 is 2.92 bits per heavy atom. The Labute approximate surface area is 146 Å². The van der Waals surface area contributed by atoms with Crippen LogP contribution in [0.4, 0.5) is 0 Å². The predicted molar refractivity (Wildman–Crippen MR) is 90.3 cm³/mol. The van der Waals surface area contributed by atoms with Gasteiger partial charge in [0.1, 0.15) is 0 Å². The first kappa shape index (κ1) is 15.8. The van der Waals surface area contributed by atoms with Crippen molar-refractivity contribution in [3.63, 3.8) is 0 Å². The molecule has 2 heterocycles. The molecule has 25 heavy (non-hydrogen) atoms. The second-order valence-corrected chi connectivity index (χ2v) is 6.90. The number of benzene rings is 1. The summed E-state index contributed by atoms with van der Waals surface area (Å²) < 4.78 is 5.48. The Hall–Kier alpha value is -2.68. The molecular formula is C19H20N4O2. The number of piperidine rings is 1. The van der Waals surface area contributed by atoms with Gasteiger partial charge in [0, 0.05) is 24.6 Å². The van der Waals surface area contributed by atoms with Gasteiger partial charge >= 0.3 is 0 Å². The molecule has 1 atom stereocenters. The van der Waals surface area contributed by atoms with Gasteiger partial charge in [-0.1, -0.05) is 23.7 Å². The van der Waals surface area contributed by atoms with E-state index in [0.717, 1.165) is 37.8 Å². The minimum Gasteiger partial charge on any atom is -0.342 e. The highest BCUT2D eigenvalue weighted by molar-refractivity contribution is 5.79. The quantitative estimate of drug-likeness (QED) is 0.860. The molecule has 2 fully saturated rings. The maximum Gasteiger partial charge on any atom is 0.231 e. The number of amides is 1. The van der Waals surface area contributed by atoms with E-state index in [2.05, 4.69) is 16.2 Å². The van der Waals surface area contributed by atoms with Crippen LogP contribution in [0.2, 0.25) is 0 Å². The number of hydrogen-bond donors (Lipinski definition) is 0. The molecule has 0 bridgehead atoms. The number of aromatic nitrogens is 2. The molecule has 0 radical (unpaired) electrons. The number of rotatable bonds is 3. The van der Waals surface area contributed by atoms with Crippen LogP contribution in [0.1, 0.15) is 49.5 Å². The Kier molecular flexibility index (Phi) is 4.22. The van der Waals surface area contributed by atoms with E-state index in [1.54, 1.807) is 12.1 Å². The van der Waals surface area contributed by atoms with Crippen molar-refractivity contribution in [3.05, 3.63) is 35.7 Å². The van der Waals surface area contributed by atoms with Gasteiger partial charge in [-0.3, -0.25) is 4.79 Å². The Morgan fingerprint density at radius 1 is 1.28 bits per heavy atom. The second kappa shape index (κ2) is 6.67. The SMILES string of the molecule is N#Cc1cccc(-c2noc(C3CCCN(C(=O)C4CCC4)C3)n2)c1. The minimum atomic E-state index is 0.0955. The zero-order valence-corrected chi connectivity index (χ0v) is 14.0. The summed E-state index contributed by atoms with van der Waals surface area (Å²) in [5.74, 6) is 1.69. The first-order valence-corrected chi connectivity index (χ1v) is 8.87. The summed E-state index contributed by atoms with van der Waals surface area (Å²) in [6.45, 7) is 1.49. The standard InChI is InChI=1S/C19H20N4O2/c20-11-13-4-1-7-15(10-13)17-21-18(25-22-17)16-8-3-9-23(12-16)19(24)14-5-2-6-14/h1,4,7,10,14,16H,2-3,5-6,8-9,12H2. The normalized spacial score (nSPS) is 20.8. The molecule has 4 rings (SSSR count). The van der Waals surface area contributed by atoms with Gasteiger partial charge in [-0.05, 0) is 37.8 Å². The van der Waals surface area contributed by atoms with Gasteiger partial charge in [0.2, 0.25) is 17.6 Å². The maximum absolute atomic E-state index is 12.5. The summed E-state index contributed by atoms with van der Waals surface area (Å²) in [7, 11) is 0. The highest BCUT2D eigenvalue weighted by Gasteiger charge is 2.34. The smallest absolute Gasteiger partial charge is 0.231 e. The lowest BCUT2D eigenvalue weighted by Gasteiger charge is -2.36. The molecule has 1 aromatic carbocycles. The van der Waals surface area contributed by atoms with Gasteiger partial charge < -0.3 is 9.42 Å². The summed E-state index contributed by atoms with van der Waals surface area (Å²) in [5.41, 5.74) is 1.34. The van der Waals surface area contributed by atoms with E-state index in [1.165, 1.54) is 6.42 Å². The average molecular weight is 336 g/mol. The zero-order valence-electron chi connectivity index (χ0n) is 14.0. The highest BCUT2D eigenvalue weighted by atomic mass is 16.5. The van der Waals surface area contributed by atoms with Crippen molar-refractivity contribution in [3.8, 4) is 17.5 Å². The van der Waals surface area contributed by atoms with Gasteiger partial charge in [-0.15, -0.1) is 0 Å². The molecule has 1 saturated carbocycles. The van der Waals surface area contributed by atoms with Crippen LogP contribution in [0, 0.1) is 17.2 Å². The van der Waals surface area contributed by atoms with Crippen molar-refractivity contribution in [1.82, 2.24) is 15.0 Å². The molecule has 2 aliphatic rings.